The third-order valence-corrected chi connectivity index (χ3v) is 6.26. The van der Waals surface area contributed by atoms with E-state index in [9.17, 15) is 10.2 Å². The summed E-state index contributed by atoms with van der Waals surface area (Å²) in [5.74, 6) is 0.842. The van der Waals surface area contributed by atoms with Crippen LogP contribution in [-0.4, -0.2) is 40.3 Å². The molecule has 0 aromatic heterocycles. The molecule has 4 nitrogen and oxygen atoms in total. The van der Waals surface area contributed by atoms with Crippen molar-refractivity contribution in [2.45, 2.75) is 50.9 Å². The van der Waals surface area contributed by atoms with Crippen LogP contribution in [-0.2, 0) is 0 Å². The van der Waals surface area contributed by atoms with Gasteiger partial charge in [-0.2, -0.15) is 0 Å². The lowest BCUT2D eigenvalue weighted by Gasteiger charge is -2.46. The van der Waals surface area contributed by atoms with Crippen LogP contribution in [0.4, 0.5) is 0 Å². The second-order valence-electron chi connectivity index (χ2n) is 8.21. The van der Waals surface area contributed by atoms with E-state index in [0.717, 1.165) is 42.8 Å². The molecule has 0 saturated carbocycles. The maximum absolute atomic E-state index is 10.7. The number of aliphatic hydroxyl groups excluding tert-OH is 2. The summed E-state index contributed by atoms with van der Waals surface area (Å²) < 4.78 is 6.46. The Morgan fingerprint density at radius 1 is 1.11 bits per heavy atom. The molecule has 4 heteroatoms. The van der Waals surface area contributed by atoms with Crippen molar-refractivity contribution in [3.63, 3.8) is 0 Å². The first-order valence-corrected chi connectivity index (χ1v) is 9.89. The minimum absolute atomic E-state index is 0.289. The first-order valence-electron chi connectivity index (χ1n) is 9.89. The van der Waals surface area contributed by atoms with Gasteiger partial charge in [0.2, 0.25) is 0 Å². The summed E-state index contributed by atoms with van der Waals surface area (Å²) in [5.41, 5.74) is 3.98. The predicted octanol–water partition coefficient (Wildman–Crippen LogP) is 3.69. The summed E-state index contributed by atoms with van der Waals surface area (Å²) in [6.45, 7) is 6.54. The average molecular weight is 367 g/mol. The molecule has 144 valence electrons. The zero-order chi connectivity index (χ0) is 19.0. The van der Waals surface area contributed by atoms with E-state index in [4.69, 9.17) is 4.74 Å². The van der Waals surface area contributed by atoms with Gasteiger partial charge >= 0.3 is 0 Å². The van der Waals surface area contributed by atoms with E-state index in [0.29, 0.717) is 13.0 Å². The van der Waals surface area contributed by atoms with Crippen molar-refractivity contribution in [3.05, 3.63) is 64.7 Å². The molecule has 1 spiro atoms. The summed E-state index contributed by atoms with van der Waals surface area (Å²) in [5, 5.41) is 21.2. The maximum atomic E-state index is 10.7. The van der Waals surface area contributed by atoms with Crippen LogP contribution >= 0.6 is 0 Å². The van der Waals surface area contributed by atoms with Crippen LogP contribution in [0, 0.1) is 13.8 Å². The summed E-state index contributed by atoms with van der Waals surface area (Å²) >= 11 is 0. The fraction of sp³-hybridized carbons (Fsp3) is 0.478. The fourth-order valence-corrected chi connectivity index (χ4v) is 4.37. The molecule has 1 saturated heterocycles. The molecular formula is C23H29NO3. The molecule has 0 bridgehead atoms. The number of fused-ring (bicyclic) bond motifs is 1. The van der Waals surface area contributed by atoms with Gasteiger partial charge in [0.15, 0.2) is 0 Å². The predicted molar refractivity (Wildman–Crippen MR) is 106 cm³/mol. The normalized spacial score (nSPS) is 22.9. The zero-order valence-electron chi connectivity index (χ0n) is 16.2. The Morgan fingerprint density at radius 3 is 2.48 bits per heavy atom. The standard InChI is InChI=1S/C23H29NO3/c1-16-12-19-20(25)14-23(27-22(19)13-17(16)2)8-10-24(11-9-23)15-21(26)18-6-4-3-5-7-18/h3-7,12-13,20-21,25-26H,8-11,14-15H2,1-2H3/t20-,21+/m1/s1. The summed E-state index contributed by atoms with van der Waals surface area (Å²) in [6.07, 6.45) is 1.46. The molecule has 0 radical (unpaired) electrons. The Hall–Kier alpha value is -1.88. The van der Waals surface area contributed by atoms with Gasteiger partial charge in [0, 0.05) is 31.6 Å². The Labute approximate surface area is 161 Å². The van der Waals surface area contributed by atoms with Gasteiger partial charge in [0.1, 0.15) is 11.4 Å². The minimum atomic E-state index is -0.468. The number of aryl methyl sites for hydroxylation is 2. The van der Waals surface area contributed by atoms with E-state index in [1.807, 2.05) is 30.3 Å². The van der Waals surface area contributed by atoms with Crippen LogP contribution < -0.4 is 4.74 Å². The highest BCUT2D eigenvalue weighted by atomic mass is 16.5. The number of β-amino-alcohol motifs (C(OH)–C–C–N with tert-alkyl or cyclic N) is 1. The molecule has 1 fully saturated rings. The van der Waals surface area contributed by atoms with Crippen molar-refractivity contribution >= 4 is 0 Å². The highest BCUT2D eigenvalue weighted by Crippen LogP contribution is 2.45. The molecule has 2 aliphatic rings. The number of hydrogen-bond donors (Lipinski definition) is 2. The largest absolute Gasteiger partial charge is 0.487 e. The second kappa shape index (κ2) is 7.27. The molecule has 2 N–H and O–H groups in total. The lowest BCUT2D eigenvalue weighted by molar-refractivity contribution is -0.0588. The molecule has 2 aliphatic heterocycles. The lowest BCUT2D eigenvalue weighted by atomic mass is 9.81. The lowest BCUT2D eigenvalue weighted by Crippen LogP contribution is -2.51. The van der Waals surface area contributed by atoms with Gasteiger partial charge < -0.3 is 19.8 Å². The fourth-order valence-electron chi connectivity index (χ4n) is 4.37. The molecule has 2 aromatic carbocycles. The first-order chi connectivity index (χ1) is 13.0. The molecular weight excluding hydrogens is 338 g/mol. The third-order valence-electron chi connectivity index (χ3n) is 6.26. The van der Waals surface area contributed by atoms with E-state index in [1.54, 1.807) is 0 Å². The molecule has 0 unspecified atom stereocenters. The molecule has 4 rings (SSSR count). The molecule has 2 heterocycles. The van der Waals surface area contributed by atoms with Gasteiger partial charge in [-0.25, -0.2) is 0 Å². The van der Waals surface area contributed by atoms with E-state index in [-0.39, 0.29) is 5.60 Å². The quantitative estimate of drug-likeness (QED) is 0.869. The Kier molecular flexibility index (Phi) is 4.97. The maximum Gasteiger partial charge on any atom is 0.126 e. The van der Waals surface area contributed by atoms with Crippen LogP contribution in [0.2, 0.25) is 0 Å². The molecule has 0 aliphatic carbocycles. The third kappa shape index (κ3) is 3.75. The van der Waals surface area contributed by atoms with Crippen molar-refractivity contribution in [3.8, 4) is 5.75 Å². The van der Waals surface area contributed by atoms with Gasteiger partial charge in [-0.1, -0.05) is 30.3 Å². The van der Waals surface area contributed by atoms with Crippen LogP contribution in [0.15, 0.2) is 42.5 Å². The van der Waals surface area contributed by atoms with Crippen LogP contribution in [0.25, 0.3) is 0 Å². The first kappa shape index (κ1) is 18.5. The SMILES string of the molecule is Cc1cc2c(cc1C)[C@H](O)CC1(CCN(C[C@H](O)c3ccccc3)CC1)O2. The van der Waals surface area contributed by atoms with E-state index < -0.39 is 12.2 Å². The van der Waals surface area contributed by atoms with Crippen molar-refractivity contribution in [1.82, 2.24) is 4.90 Å². The summed E-state index contributed by atoms with van der Waals surface area (Å²) in [7, 11) is 0. The Morgan fingerprint density at radius 2 is 1.78 bits per heavy atom. The van der Waals surface area contributed by atoms with Crippen LogP contribution in [0.1, 0.15) is 53.7 Å². The number of nitrogens with zero attached hydrogens (tertiary/aromatic N) is 1. The van der Waals surface area contributed by atoms with Gasteiger partial charge in [-0.3, -0.25) is 0 Å². The number of aliphatic hydroxyl groups is 2. The van der Waals surface area contributed by atoms with Gasteiger partial charge in [0.05, 0.1) is 12.2 Å². The Bertz CT molecular complexity index is 797. The van der Waals surface area contributed by atoms with Crippen molar-refractivity contribution in [2.24, 2.45) is 0 Å². The zero-order valence-corrected chi connectivity index (χ0v) is 16.2. The molecule has 0 amide bonds. The number of likely N-dealkylation sites (tertiary alicyclic amines) is 1. The highest BCUT2D eigenvalue weighted by molar-refractivity contribution is 5.45. The van der Waals surface area contributed by atoms with E-state index in [1.165, 1.54) is 11.1 Å². The van der Waals surface area contributed by atoms with Gasteiger partial charge in [-0.15, -0.1) is 0 Å². The van der Waals surface area contributed by atoms with Crippen molar-refractivity contribution in [1.29, 1.82) is 0 Å². The second-order valence-corrected chi connectivity index (χ2v) is 8.21. The monoisotopic (exact) mass is 367 g/mol. The molecule has 2 aromatic rings. The van der Waals surface area contributed by atoms with Crippen LogP contribution in [0.5, 0.6) is 5.75 Å². The van der Waals surface area contributed by atoms with E-state index in [2.05, 4.69) is 30.9 Å². The van der Waals surface area contributed by atoms with Crippen LogP contribution in [0.3, 0.4) is 0 Å². The Balaban J connectivity index is 1.42. The minimum Gasteiger partial charge on any atom is -0.487 e. The highest BCUT2D eigenvalue weighted by Gasteiger charge is 2.43. The van der Waals surface area contributed by atoms with E-state index >= 15 is 0 Å². The smallest absolute Gasteiger partial charge is 0.126 e. The topological polar surface area (TPSA) is 52.9 Å². The molecule has 2 atom stereocenters. The number of ether oxygens (including phenoxy) is 1. The number of hydrogen-bond acceptors (Lipinski definition) is 4. The summed E-state index contributed by atoms with van der Waals surface area (Å²) in [4.78, 5) is 2.30. The molecule has 27 heavy (non-hydrogen) atoms. The van der Waals surface area contributed by atoms with Gasteiger partial charge in [-0.05, 0) is 55.5 Å². The van der Waals surface area contributed by atoms with Crippen molar-refractivity contribution in [2.75, 3.05) is 19.6 Å². The average Bonchev–Trinajstić information content (AvgIpc) is 2.66. The van der Waals surface area contributed by atoms with Crippen molar-refractivity contribution < 1.29 is 14.9 Å². The summed E-state index contributed by atoms with van der Waals surface area (Å²) in [6, 6.07) is 14.0. The number of piperidine rings is 1. The number of rotatable bonds is 3. The number of benzene rings is 2. The van der Waals surface area contributed by atoms with Gasteiger partial charge in [0.25, 0.3) is 0 Å².